The number of hydrogen-bond acceptors (Lipinski definition) is 2. The van der Waals surface area contributed by atoms with Gasteiger partial charge in [-0.15, -0.1) is 0 Å². The molecule has 1 fully saturated rings. The molecule has 1 aromatic heterocycles. The summed E-state index contributed by atoms with van der Waals surface area (Å²) in [6.45, 7) is 1.79. The van der Waals surface area contributed by atoms with Crippen molar-refractivity contribution in [1.29, 1.82) is 0 Å². The van der Waals surface area contributed by atoms with Crippen LogP contribution in [0.2, 0.25) is 0 Å². The molecule has 0 aromatic carbocycles. The first kappa shape index (κ1) is 7.40. The number of carbonyl (C=O) groups is 1. The largest absolute Gasteiger partial charge is 0.472 e. The van der Waals surface area contributed by atoms with Crippen LogP contribution in [0.4, 0.5) is 0 Å². The Balaban J connectivity index is 2.09. The minimum Gasteiger partial charge on any atom is -0.472 e. The molecule has 0 radical (unpaired) electrons. The molecule has 0 bridgehead atoms. The Morgan fingerprint density at radius 3 is 2.75 bits per heavy atom. The number of carbonyl (C=O) groups excluding carboxylic acids is 1. The second-order valence-corrected chi connectivity index (χ2v) is 3.01. The Labute approximate surface area is 71.0 Å². The van der Waals surface area contributed by atoms with Crippen LogP contribution in [0.15, 0.2) is 23.0 Å². The predicted octanol–water partition coefficient (Wildman–Crippen LogP) is 1.52. The normalized spacial score (nSPS) is 16.8. The zero-order valence-electron chi connectivity index (χ0n) is 6.82. The first-order valence-corrected chi connectivity index (χ1v) is 4.19. The highest BCUT2D eigenvalue weighted by Crippen LogP contribution is 2.12. The van der Waals surface area contributed by atoms with Crippen LogP contribution in [-0.4, -0.2) is 23.9 Å². The summed E-state index contributed by atoms with van der Waals surface area (Å²) < 4.78 is 4.85. The maximum Gasteiger partial charge on any atom is 0.257 e. The molecule has 1 aliphatic heterocycles. The standard InChI is InChI=1S/C9H11NO2/c11-9(8-3-6-12-7-8)10-4-1-2-5-10/h3,6-7H,1-2,4-5H2. The van der Waals surface area contributed by atoms with Crippen molar-refractivity contribution in [3.8, 4) is 0 Å². The third-order valence-electron chi connectivity index (χ3n) is 2.16. The van der Waals surface area contributed by atoms with Crippen LogP contribution in [-0.2, 0) is 0 Å². The smallest absolute Gasteiger partial charge is 0.257 e. The zero-order valence-corrected chi connectivity index (χ0v) is 6.82. The number of amides is 1. The van der Waals surface area contributed by atoms with Gasteiger partial charge in [-0.1, -0.05) is 0 Å². The first-order chi connectivity index (χ1) is 5.88. The summed E-state index contributed by atoms with van der Waals surface area (Å²) in [6, 6.07) is 1.71. The molecular formula is C9H11NO2. The van der Waals surface area contributed by atoms with E-state index in [2.05, 4.69) is 0 Å². The molecule has 0 spiro atoms. The van der Waals surface area contributed by atoms with Gasteiger partial charge in [0.05, 0.1) is 11.8 Å². The maximum absolute atomic E-state index is 11.6. The third-order valence-corrected chi connectivity index (χ3v) is 2.16. The average Bonchev–Trinajstić information content (AvgIpc) is 2.77. The summed E-state index contributed by atoms with van der Waals surface area (Å²) in [5.74, 6) is 0.0984. The molecule has 1 saturated heterocycles. The topological polar surface area (TPSA) is 33.5 Å². The van der Waals surface area contributed by atoms with Crippen molar-refractivity contribution < 1.29 is 9.21 Å². The summed E-state index contributed by atoms with van der Waals surface area (Å²) in [4.78, 5) is 13.4. The Hall–Kier alpha value is -1.25. The van der Waals surface area contributed by atoms with E-state index >= 15 is 0 Å². The number of likely N-dealkylation sites (tertiary alicyclic amines) is 1. The van der Waals surface area contributed by atoms with Crippen LogP contribution in [0.25, 0.3) is 0 Å². The number of nitrogens with zero attached hydrogens (tertiary/aromatic N) is 1. The van der Waals surface area contributed by atoms with Gasteiger partial charge in [0.2, 0.25) is 0 Å². The number of furan rings is 1. The van der Waals surface area contributed by atoms with Gasteiger partial charge in [-0.3, -0.25) is 4.79 Å². The summed E-state index contributed by atoms with van der Waals surface area (Å²) >= 11 is 0. The van der Waals surface area contributed by atoms with Gasteiger partial charge in [-0.25, -0.2) is 0 Å². The van der Waals surface area contributed by atoms with E-state index in [0.717, 1.165) is 25.9 Å². The minimum absolute atomic E-state index is 0.0984. The molecule has 64 valence electrons. The Morgan fingerprint density at radius 1 is 1.42 bits per heavy atom. The first-order valence-electron chi connectivity index (χ1n) is 4.19. The highest BCUT2D eigenvalue weighted by Gasteiger charge is 2.19. The lowest BCUT2D eigenvalue weighted by Gasteiger charge is -2.12. The van der Waals surface area contributed by atoms with E-state index in [4.69, 9.17) is 4.42 Å². The SMILES string of the molecule is O=C(c1ccoc1)N1CCCC1. The summed E-state index contributed by atoms with van der Waals surface area (Å²) in [6.07, 6.45) is 5.29. The van der Waals surface area contributed by atoms with E-state index < -0.39 is 0 Å². The molecule has 2 heterocycles. The minimum atomic E-state index is 0.0984. The van der Waals surface area contributed by atoms with Crippen LogP contribution in [0.1, 0.15) is 23.2 Å². The molecule has 12 heavy (non-hydrogen) atoms. The predicted molar refractivity (Wildman–Crippen MR) is 43.8 cm³/mol. The molecule has 1 amide bonds. The van der Waals surface area contributed by atoms with E-state index in [1.54, 1.807) is 6.07 Å². The van der Waals surface area contributed by atoms with Gasteiger partial charge >= 0.3 is 0 Å². The zero-order chi connectivity index (χ0) is 8.39. The van der Waals surface area contributed by atoms with Crippen LogP contribution in [0, 0.1) is 0 Å². The number of hydrogen-bond donors (Lipinski definition) is 0. The van der Waals surface area contributed by atoms with Gasteiger partial charge in [-0.2, -0.15) is 0 Å². The average molecular weight is 165 g/mol. The molecule has 0 N–H and O–H groups in total. The molecule has 3 heteroatoms. The molecule has 1 aliphatic rings. The number of rotatable bonds is 1. The van der Waals surface area contributed by atoms with E-state index in [-0.39, 0.29) is 5.91 Å². The second-order valence-electron chi connectivity index (χ2n) is 3.01. The monoisotopic (exact) mass is 165 g/mol. The van der Waals surface area contributed by atoms with Crippen LogP contribution in [0.3, 0.4) is 0 Å². The van der Waals surface area contributed by atoms with Crippen molar-refractivity contribution in [2.75, 3.05) is 13.1 Å². The molecule has 3 nitrogen and oxygen atoms in total. The van der Waals surface area contributed by atoms with Crippen molar-refractivity contribution >= 4 is 5.91 Å². The van der Waals surface area contributed by atoms with Crippen molar-refractivity contribution in [3.05, 3.63) is 24.2 Å². The summed E-state index contributed by atoms with van der Waals surface area (Å²) in [7, 11) is 0. The molecule has 0 atom stereocenters. The van der Waals surface area contributed by atoms with Gasteiger partial charge in [0.25, 0.3) is 5.91 Å². The van der Waals surface area contributed by atoms with Crippen LogP contribution >= 0.6 is 0 Å². The Bertz CT molecular complexity index is 260. The quantitative estimate of drug-likeness (QED) is 0.632. The molecule has 1 aromatic rings. The van der Waals surface area contributed by atoms with Gasteiger partial charge in [-0.05, 0) is 18.9 Å². The third kappa shape index (κ3) is 1.22. The van der Waals surface area contributed by atoms with Crippen LogP contribution in [0.5, 0.6) is 0 Å². The van der Waals surface area contributed by atoms with Gasteiger partial charge in [0, 0.05) is 13.1 Å². The van der Waals surface area contributed by atoms with E-state index in [0.29, 0.717) is 5.56 Å². The lowest BCUT2D eigenvalue weighted by atomic mass is 10.3. The molecular weight excluding hydrogens is 154 g/mol. The highest BCUT2D eigenvalue weighted by atomic mass is 16.3. The van der Waals surface area contributed by atoms with Gasteiger partial charge < -0.3 is 9.32 Å². The fraction of sp³-hybridized carbons (Fsp3) is 0.444. The fourth-order valence-corrected chi connectivity index (χ4v) is 1.49. The summed E-state index contributed by atoms with van der Waals surface area (Å²) in [5.41, 5.74) is 0.664. The lowest BCUT2D eigenvalue weighted by Crippen LogP contribution is -2.27. The highest BCUT2D eigenvalue weighted by molar-refractivity contribution is 5.93. The lowest BCUT2D eigenvalue weighted by molar-refractivity contribution is 0.0792. The summed E-state index contributed by atoms with van der Waals surface area (Å²) in [5, 5.41) is 0. The Kier molecular flexibility index (Phi) is 1.86. The van der Waals surface area contributed by atoms with Crippen LogP contribution < -0.4 is 0 Å². The van der Waals surface area contributed by atoms with Crippen molar-refractivity contribution in [2.45, 2.75) is 12.8 Å². The second kappa shape index (κ2) is 3.01. The molecule has 0 aliphatic carbocycles. The van der Waals surface area contributed by atoms with Crippen molar-refractivity contribution in [3.63, 3.8) is 0 Å². The van der Waals surface area contributed by atoms with Crippen molar-refractivity contribution in [2.24, 2.45) is 0 Å². The van der Waals surface area contributed by atoms with E-state index in [1.807, 2.05) is 4.90 Å². The Morgan fingerprint density at radius 2 is 2.17 bits per heavy atom. The van der Waals surface area contributed by atoms with Crippen molar-refractivity contribution in [1.82, 2.24) is 4.90 Å². The fourth-order valence-electron chi connectivity index (χ4n) is 1.49. The van der Waals surface area contributed by atoms with E-state index in [9.17, 15) is 4.79 Å². The molecule has 2 rings (SSSR count). The van der Waals surface area contributed by atoms with E-state index in [1.165, 1.54) is 12.5 Å². The molecule has 0 unspecified atom stereocenters. The maximum atomic E-state index is 11.6. The molecule has 0 saturated carbocycles. The van der Waals surface area contributed by atoms with Gasteiger partial charge in [0.1, 0.15) is 6.26 Å². The van der Waals surface area contributed by atoms with Gasteiger partial charge in [0.15, 0.2) is 0 Å².